The minimum absolute atomic E-state index is 0.294. The fraction of sp³-hybridized carbons (Fsp3) is 0.133. The first-order valence-electron chi connectivity index (χ1n) is 6.49. The molecule has 0 saturated heterocycles. The van der Waals surface area contributed by atoms with Crippen LogP contribution in [0.1, 0.15) is 5.56 Å². The molecule has 1 N–H and O–H groups in total. The lowest BCUT2D eigenvalue weighted by atomic mass is 10.2. The Morgan fingerprint density at radius 3 is 2.74 bits per heavy atom. The number of nitrogens with one attached hydrogen (secondary N) is 1. The first kappa shape index (κ1) is 16.9. The number of nitro benzene ring substituents is 1. The molecule has 23 heavy (non-hydrogen) atoms. The van der Waals surface area contributed by atoms with E-state index in [2.05, 4.69) is 21.2 Å². The average Bonchev–Trinajstić information content (AvgIpc) is 2.48. The molecule has 0 fully saturated rings. The minimum Gasteiger partial charge on any atom is -0.477 e. The van der Waals surface area contributed by atoms with Crippen molar-refractivity contribution in [2.24, 2.45) is 0 Å². The fourth-order valence-corrected chi connectivity index (χ4v) is 2.06. The Morgan fingerprint density at radius 1 is 1.35 bits per heavy atom. The molecule has 0 bridgehead atoms. The second kappa shape index (κ2) is 7.19. The second-order valence-electron chi connectivity index (χ2n) is 4.67. The van der Waals surface area contributed by atoms with Gasteiger partial charge < -0.3 is 10.1 Å². The van der Waals surface area contributed by atoms with Crippen molar-refractivity contribution in [2.75, 3.05) is 11.9 Å². The third-order valence-corrected chi connectivity index (χ3v) is 3.81. The molecule has 0 heterocycles. The minimum atomic E-state index is -0.704. The molecule has 0 unspecified atom stereocenters. The number of rotatable bonds is 5. The number of nitro groups is 1. The summed E-state index contributed by atoms with van der Waals surface area (Å²) < 4.78 is 19.1. The van der Waals surface area contributed by atoms with Gasteiger partial charge in [-0.3, -0.25) is 14.9 Å². The van der Waals surface area contributed by atoms with E-state index in [1.54, 1.807) is 18.2 Å². The standard InChI is InChI=1S/C15H12BrFN2O4/c1-9-6-11(3-4-12(9)16)18-15(20)8-23-14-7-10(17)2-5-13(14)19(21)22/h2-7H,8H2,1H3,(H,18,20). The van der Waals surface area contributed by atoms with Gasteiger partial charge in [-0.05, 0) is 36.8 Å². The molecule has 1 amide bonds. The number of ether oxygens (including phenoxy) is 1. The molecular weight excluding hydrogens is 371 g/mol. The zero-order chi connectivity index (χ0) is 17.0. The van der Waals surface area contributed by atoms with Crippen molar-refractivity contribution in [1.29, 1.82) is 0 Å². The molecule has 0 aliphatic rings. The van der Waals surface area contributed by atoms with Crippen LogP contribution in [0, 0.1) is 22.9 Å². The van der Waals surface area contributed by atoms with Crippen molar-refractivity contribution in [3.63, 3.8) is 0 Å². The Labute approximate surface area is 139 Å². The molecule has 2 aromatic rings. The van der Waals surface area contributed by atoms with Crippen LogP contribution in [0.15, 0.2) is 40.9 Å². The third-order valence-electron chi connectivity index (χ3n) is 2.92. The summed E-state index contributed by atoms with van der Waals surface area (Å²) in [6.45, 7) is 1.39. The van der Waals surface area contributed by atoms with Crippen molar-refractivity contribution in [1.82, 2.24) is 0 Å². The van der Waals surface area contributed by atoms with Crippen molar-refractivity contribution in [3.8, 4) is 5.75 Å². The summed E-state index contributed by atoms with van der Waals surface area (Å²) in [5, 5.41) is 13.4. The van der Waals surface area contributed by atoms with Crippen LogP contribution < -0.4 is 10.1 Å². The number of nitrogens with zero attached hydrogens (tertiary/aromatic N) is 1. The van der Waals surface area contributed by atoms with E-state index in [0.717, 1.165) is 28.2 Å². The highest BCUT2D eigenvalue weighted by molar-refractivity contribution is 9.10. The number of carbonyl (C=O) groups is 1. The molecule has 0 atom stereocenters. The van der Waals surface area contributed by atoms with Gasteiger partial charge in [0.15, 0.2) is 6.61 Å². The normalized spacial score (nSPS) is 10.2. The zero-order valence-corrected chi connectivity index (χ0v) is 13.6. The molecule has 120 valence electrons. The largest absolute Gasteiger partial charge is 0.477 e. The van der Waals surface area contributed by atoms with Gasteiger partial charge in [0, 0.05) is 22.3 Å². The van der Waals surface area contributed by atoms with Gasteiger partial charge in [-0.25, -0.2) is 4.39 Å². The molecule has 2 rings (SSSR count). The van der Waals surface area contributed by atoms with Crippen molar-refractivity contribution >= 4 is 33.2 Å². The maximum atomic E-state index is 13.2. The summed E-state index contributed by atoms with van der Waals surface area (Å²) in [6.07, 6.45) is 0. The topological polar surface area (TPSA) is 81.5 Å². The molecule has 6 nitrogen and oxygen atoms in total. The van der Waals surface area contributed by atoms with Gasteiger partial charge in [0.2, 0.25) is 5.75 Å². The first-order valence-corrected chi connectivity index (χ1v) is 7.29. The van der Waals surface area contributed by atoms with Crippen LogP contribution in [0.3, 0.4) is 0 Å². The smallest absolute Gasteiger partial charge is 0.311 e. The maximum absolute atomic E-state index is 13.2. The molecule has 2 aromatic carbocycles. The van der Waals surface area contributed by atoms with Gasteiger partial charge in [0.05, 0.1) is 4.92 Å². The number of benzene rings is 2. The zero-order valence-electron chi connectivity index (χ0n) is 12.0. The first-order chi connectivity index (χ1) is 10.9. The molecule has 0 aromatic heterocycles. The molecule has 0 spiro atoms. The molecule has 0 saturated carbocycles. The van der Waals surface area contributed by atoms with Crippen LogP contribution in [-0.4, -0.2) is 17.4 Å². The number of amides is 1. The van der Waals surface area contributed by atoms with Gasteiger partial charge in [0.25, 0.3) is 5.91 Å². The van der Waals surface area contributed by atoms with Gasteiger partial charge in [-0.2, -0.15) is 0 Å². The van der Waals surface area contributed by atoms with Crippen molar-refractivity contribution < 1.29 is 18.8 Å². The number of carbonyl (C=O) groups excluding carboxylic acids is 1. The molecular formula is C15H12BrFN2O4. The van der Waals surface area contributed by atoms with E-state index >= 15 is 0 Å². The Balaban J connectivity index is 2.03. The van der Waals surface area contributed by atoms with Crippen molar-refractivity contribution in [2.45, 2.75) is 6.92 Å². The van der Waals surface area contributed by atoms with Crippen LogP contribution in [0.5, 0.6) is 5.75 Å². The van der Waals surface area contributed by atoms with Gasteiger partial charge in [0.1, 0.15) is 5.82 Å². The lowest BCUT2D eigenvalue weighted by Gasteiger charge is -2.09. The summed E-state index contributed by atoms with van der Waals surface area (Å²) in [5.74, 6) is -1.49. The van der Waals surface area contributed by atoms with Crippen LogP contribution >= 0.6 is 15.9 Å². The Kier molecular flexibility index (Phi) is 5.28. The van der Waals surface area contributed by atoms with E-state index in [4.69, 9.17) is 4.74 Å². The van der Waals surface area contributed by atoms with Crippen LogP contribution in [-0.2, 0) is 4.79 Å². The predicted octanol–water partition coefficient (Wildman–Crippen LogP) is 3.82. The number of hydrogen-bond acceptors (Lipinski definition) is 4. The highest BCUT2D eigenvalue weighted by atomic mass is 79.9. The van der Waals surface area contributed by atoms with Crippen LogP contribution in [0.25, 0.3) is 0 Å². The summed E-state index contributed by atoms with van der Waals surface area (Å²) in [5.41, 5.74) is 1.09. The number of hydrogen-bond donors (Lipinski definition) is 1. The highest BCUT2D eigenvalue weighted by Crippen LogP contribution is 2.27. The lowest BCUT2D eigenvalue weighted by Crippen LogP contribution is -2.20. The second-order valence-corrected chi connectivity index (χ2v) is 5.52. The van der Waals surface area contributed by atoms with Crippen LogP contribution in [0.4, 0.5) is 15.8 Å². The van der Waals surface area contributed by atoms with E-state index in [1.165, 1.54) is 0 Å². The highest BCUT2D eigenvalue weighted by Gasteiger charge is 2.17. The third kappa shape index (κ3) is 4.49. The monoisotopic (exact) mass is 382 g/mol. The van der Waals surface area contributed by atoms with E-state index in [-0.39, 0.29) is 5.75 Å². The Hall–Kier alpha value is -2.48. The quantitative estimate of drug-likeness (QED) is 0.629. The molecule has 0 aliphatic carbocycles. The molecule has 0 radical (unpaired) electrons. The van der Waals surface area contributed by atoms with Gasteiger partial charge in [-0.1, -0.05) is 15.9 Å². The van der Waals surface area contributed by atoms with Crippen LogP contribution in [0.2, 0.25) is 0 Å². The lowest BCUT2D eigenvalue weighted by molar-refractivity contribution is -0.385. The number of aryl methyl sites for hydroxylation is 1. The fourth-order valence-electron chi connectivity index (χ4n) is 1.82. The van der Waals surface area contributed by atoms with Crippen molar-refractivity contribution in [3.05, 3.63) is 62.4 Å². The molecule has 0 aliphatic heterocycles. The average molecular weight is 383 g/mol. The van der Waals surface area contributed by atoms with E-state index in [1.807, 2.05) is 6.92 Å². The summed E-state index contributed by atoms with van der Waals surface area (Å²) >= 11 is 3.35. The van der Waals surface area contributed by atoms with E-state index < -0.39 is 28.9 Å². The van der Waals surface area contributed by atoms with Gasteiger partial charge >= 0.3 is 5.69 Å². The Bertz CT molecular complexity index is 767. The number of halogens is 2. The van der Waals surface area contributed by atoms with E-state index in [0.29, 0.717) is 5.69 Å². The van der Waals surface area contributed by atoms with E-state index in [9.17, 15) is 19.3 Å². The summed E-state index contributed by atoms with van der Waals surface area (Å²) in [4.78, 5) is 22.0. The summed E-state index contributed by atoms with van der Waals surface area (Å²) in [7, 11) is 0. The predicted molar refractivity (Wildman–Crippen MR) is 86.1 cm³/mol. The molecule has 8 heteroatoms. The maximum Gasteiger partial charge on any atom is 0.311 e. The van der Waals surface area contributed by atoms with Gasteiger partial charge in [-0.15, -0.1) is 0 Å². The SMILES string of the molecule is Cc1cc(NC(=O)COc2cc(F)ccc2[N+](=O)[O-])ccc1Br. The summed E-state index contributed by atoms with van der Waals surface area (Å²) in [6, 6.07) is 8.04. The number of anilines is 1. The Morgan fingerprint density at radius 2 is 2.09 bits per heavy atom.